The van der Waals surface area contributed by atoms with Crippen LogP contribution in [0.1, 0.15) is 101 Å². The third-order valence-electron chi connectivity index (χ3n) is 9.95. The first-order valence-corrected chi connectivity index (χ1v) is 18.0. The number of hydrogen-bond donors (Lipinski definition) is 2. The summed E-state index contributed by atoms with van der Waals surface area (Å²) in [7, 11) is 0. The van der Waals surface area contributed by atoms with Crippen LogP contribution in [0.15, 0.2) is 66.7 Å². The molecule has 0 heterocycles. The van der Waals surface area contributed by atoms with Crippen molar-refractivity contribution in [3.8, 4) is 28.0 Å². The van der Waals surface area contributed by atoms with E-state index in [1.54, 1.807) is 13.0 Å². The number of carbonyl (C=O) groups is 1. The first-order chi connectivity index (χ1) is 23.3. The number of aliphatic hydroxyl groups excluding tert-OH is 2. The largest absolute Gasteiger partial charge is 0.493 e. The quantitative estimate of drug-likeness (QED) is 0.0809. The van der Waals surface area contributed by atoms with Crippen molar-refractivity contribution in [1.82, 2.24) is 0 Å². The maximum Gasteiger partial charge on any atom is 0.333 e. The number of benzene rings is 3. The van der Waals surface area contributed by atoms with Crippen LogP contribution in [0, 0.1) is 17.7 Å². The van der Waals surface area contributed by atoms with Crippen LogP contribution in [0.5, 0.6) is 5.75 Å². The SMILES string of the molecule is C=C(C)C(=O)OCCc1cc(-c2ccc(-c3ccc(C4CCC(CCCCC)CC4)cc3F)cc2CC)ccc1OCCC(CO)CO. The van der Waals surface area contributed by atoms with Crippen molar-refractivity contribution in [2.24, 2.45) is 11.8 Å². The number of hydrogen-bond acceptors (Lipinski definition) is 5. The summed E-state index contributed by atoms with van der Waals surface area (Å²) in [5.41, 5.74) is 7.02. The van der Waals surface area contributed by atoms with Gasteiger partial charge < -0.3 is 19.7 Å². The molecule has 0 aromatic heterocycles. The minimum absolute atomic E-state index is 0.105. The predicted octanol–water partition coefficient (Wildman–Crippen LogP) is 9.61. The molecule has 0 aliphatic heterocycles. The van der Waals surface area contributed by atoms with Gasteiger partial charge >= 0.3 is 5.97 Å². The smallest absolute Gasteiger partial charge is 0.333 e. The number of aliphatic hydroxyl groups is 2. The summed E-state index contributed by atoms with van der Waals surface area (Å²) in [5.74, 6) is 1.11. The summed E-state index contributed by atoms with van der Waals surface area (Å²) in [6.45, 7) is 9.94. The summed E-state index contributed by atoms with van der Waals surface area (Å²) in [6.07, 6.45) is 11.8. The van der Waals surface area contributed by atoms with Crippen LogP contribution >= 0.6 is 0 Å². The van der Waals surface area contributed by atoms with Crippen molar-refractivity contribution in [3.63, 3.8) is 0 Å². The zero-order valence-electron chi connectivity index (χ0n) is 29.2. The molecule has 1 saturated carbocycles. The first kappa shape index (κ1) is 37.3. The third-order valence-corrected chi connectivity index (χ3v) is 9.95. The lowest BCUT2D eigenvalue weighted by Crippen LogP contribution is -2.15. The fourth-order valence-corrected chi connectivity index (χ4v) is 6.86. The summed E-state index contributed by atoms with van der Waals surface area (Å²) in [4.78, 5) is 12.0. The second-order valence-corrected chi connectivity index (χ2v) is 13.5. The van der Waals surface area contributed by atoms with Crippen molar-refractivity contribution < 1.29 is 28.9 Å². The Morgan fingerprint density at radius 1 is 0.896 bits per heavy atom. The molecule has 0 saturated heterocycles. The third kappa shape index (κ3) is 10.3. The monoisotopic (exact) mass is 658 g/mol. The number of unbranched alkanes of at least 4 members (excludes halogenated alkanes) is 2. The fraction of sp³-hybridized carbons (Fsp3) is 0.500. The topological polar surface area (TPSA) is 76.0 Å². The molecule has 48 heavy (non-hydrogen) atoms. The molecule has 0 amide bonds. The van der Waals surface area contributed by atoms with Gasteiger partial charge in [0.2, 0.25) is 0 Å². The highest BCUT2D eigenvalue weighted by atomic mass is 19.1. The van der Waals surface area contributed by atoms with Gasteiger partial charge in [-0.05, 0) is 109 Å². The van der Waals surface area contributed by atoms with Gasteiger partial charge in [0.25, 0.3) is 0 Å². The zero-order chi connectivity index (χ0) is 34.5. The number of aryl methyl sites for hydroxylation is 1. The fourth-order valence-electron chi connectivity index (χ4n) is 6.86. The number of esters is 1. The molecule has 1 fully saturated rings. The summed E-state index contributed by atoms with van der Waals surface area (Å²) in [5, 5.41) is 18.8. The predicted molar refractivity (Wildman–Crippen MR) is 193 cm³/mol. The van der Waals surface area contributed by atoms with Crippen LogP contribution in [0.2, 0.25) is 0 Å². The Hall–Kier alpha value is -3.48. The normalized spacial score (nSPS) is 16.2. The van der Waals surface area contributed by atoms with Gasteiger partial charge in [-0.15, -0.1) is 0 Å². The Morgan fingerprint density at radius 2 is 1.58 bits per heavy atom. The van der Waals surface area contributed by atoms with Gasteiger partial charge in [-0.3, -0.25) is 0 Å². The van der Waals surface area contributed by atoms with E-state index in [0.717, 1.165) is 58.6 Å². The second-order valence-electron chi connectivity index (χ2n) is 13.5. The molecule has 260 valence electrons. The molecule has 5 nitrogen and oxygen atoms in total. The summed E-state index contributed by atoms with van der Waals surface area (Å²) < 4.78 is 27.1. The highest BCUT2D eigenvalue weighted by molar-refractivity contribution is 5.86. The van der Waals surface area contributed by atoms with Crippen molar-refractivity contribution in [1.29, 1.82) is 0 Å². The minimum Gasteiger partial charge on any atom is -0.493 e. The molecular weight excluding hydrogens is 603 g/mol. The highest BCUT2D eigenvalue weighted by Crippen LogP contribution is 2.39. The van der Waals surface area contributed by atoms with E-state index in [1.165, 1.54) is 38.5 Å². The average Bonchev–Trinajstić information content (AvgIpc) is 3.10. The maximum atomic E-state index is 15.7. The maximum absolute atomic E-state index is 15.7. The van der Waals surface area contributed by atoms with Crippen LogP contribution in [0.25, 0.3) is 22.3 Å². The van der Waals surface area contributed by atoms with Crippen molar-refractivity contribution in [2.45, 2.75) is 97.3 Å². The van der Waals surface area contributed by atoms with E-state index in [1.807, 2.05) is 24.3 Å². The Kier molecular flexibility index (Phi) is 14.7. The first-order valence-electron chi connectivity index (χ1n) is 18.0. The minimum atomic E-state index is -0.434. The van der Waals surface area contributed by atoms with Crippen LogP contribution in [0.4, 0.5) is 4.39 Å². The van der Waals surface area contributed by atoms with E-state index in [4.69, 9.17) is 9.47 Å². The second kappa shape index (κ2) is 18.9. The van der Waals surface area contributed by atoms with Gasteiger partial charge in [0.15, 0.2) is 0 Å². The molecule has 1 aliphatic rings. The molecule has 1 aliphatic carbocycles. The highest BCUT2D eigenvalue weighted by Gasteiger charge is 2.23. The summed E-state index contributed by atoms with van der Waals surface area (Å²) in [6, 6.07) is 18.0. The Bertz CT molecular complexity index is 1490. The molecular formula is C42H55FO5. The molecule has 3 aromatic carbocycles. The van der Waals surface area contributed by atoms with Gasteiger partial charge in [-0.1, -0.05) is 82.5 Å². The average molecular weight is 659 g/mol. The van der Waals surface area contributed by atoms with Crippen molar-refractivity contribution >= 4 is 5.97 Å². The molecule has 3 aromatic rings. The van der Waals surface area contributed by atoms with E-state index < -0.39 is 5.97 Å². The van der Waals surface area contributed by atoms with E-state index in [9.17, 15) is 15.0 Å². The van der Waals surface area contributed by atoms with E-state index in [-0.39, 0.29) is 31.6 Å². The molecule has 4 rings (SSSR count). The molecule has 0 atom stereocenters. The van der Waals surface area contributed by atoms with Crippen molar-refractivity contribution in [2.75, 3.05) is 26.4 Å². The van der Waals surface area contributed by atoms with Gasteiger partial charge in [0.05, 0.1) is 13.2 Å². The molecule has 0 unspecified atom stereocenters. The van der Waals surface area contributed by atoms with Gasteiger partial charge in [-0.25, -0.2) is 9.18 Å². The lowest BCUT2D eigenvalue weighted by molar-refractivity contribution is -0.138. The summed E-state index contributed by atoms with van der Waals surface area (Å²) >= 11 is 0. The molecule has 6 heteroatoms. The Morgan fingerprint density at radius 3 is 2.25 bits per heavy atom. The molecule has 0 spiro atoms. The molecule has 0 radical (unpaired) electrons. The molecule has 0 bridgehead atoms. The van der Waals surface area contributed by atoms with Gasteiger partial charge in [0.1, 0.15) is 11.6 Å². The van der Waals surface area contributed by atoms with Crippen LogP contribution in [-0.2, 0) is 22.4 Å². The van der Waals surface area contributed by atoms with Crippen LogP contribution in [-0.4, -0.2) is 42.6 Å². The molecule has 2 N–H and O–H groups in total. The number of ether oxygens (including phenoxy) is 2. The van der Waals surface area contributed by atoms with E-state index >= 15 is 4.39 Å². The zero-order valence-corrected chi connectivity index (χ0v) is 29.2. The lowest BCUT2D eigenvalue weighted by Gasteiger charge is -2.29. The van der Waals surface area contributed by atoms with Crippen LogP contribution < -0.4 is 4.74 Å². The van der Waals surface area contributed by atoms with Crippen molar-refractivity contribution in [3.05, 3.63) is 89.3 Å². The Balaban J connectivity index is 1.51. The number of rotatable bonds is 18. The van der Waals surface area contributed by atoms with E-state index in [0.29, 0.717) is 42.3 Å². The standard InChI is InChI=1S/C42H55FO5/c1-5-7-8-9-30-10-12-33(13-11-30)34-14-18-39(40(43)26-34)36-15-17-38(32(6-2)24-36)35-16-19-41(47-22-20-31(27-44)28-45)37(25-35)21-23-48-42(46)29(3)4/h14-19,24-26,30-31,33,44-45H,3,5-13,20-23,27-28H2,1-2,4H3. The van der Waals surface area contributed by atoms with E-state index in [2.05, 4.69) is 44.7 Å². The Labute approximate surface area is 287 Å². The van der Waals surface area contributed by atoms with Crippen LogP contribution in [0.3, 0.4) is 0 Å². The number of halogens is 1. The van der Waals surface area contributed by atoms with Gasteiger partial charge in [-0.2, -0.15) is 0 Å². The van der Waals surface area contributed by atoms with Gasteiger partial charge in [0, 0.05) is 36.7 Å². The lowest BCUT2D eigenvalue weighted by atomic mass is 9.77. The number of carbonyl (C=O) groups excluding carboxylic acids is 1.